The predicted molar refractivity (Wildman–Crippen MR) is 54.1 cm³/mol. The highest BCUT2D eigenvalue weighted by molar-refractivity contribution is 7.98. The molecule has 1 aromatic heterocycles. The first-order valence-electron chi connectivity index (χ1n) is 4.10. The second kappa shape index (κ2) is 6.03. The number of thioether (sulfide) groups is 1. The standard InChI is InChI=1S/C9H14N2S/c10-4-1-7-12-8-9-2-5-11-6-3-9/h2-3,5-6H,1,4,7-8,10H2. The maximum atomic E-state index is 5.38. The molecule has 12 heavy (non-hydrogen) atoms. The van der Waals surface area contributed by atoms with Crippen LogP contribution in [0.1, 0.15) is 12.0 Å². The molecule has 0 unspecified atom stereocenters. The molecule has 2 N–H and O–H groups in total. The van der Waals surface area contributed by atoms with Crippen molar-refractivity contribution in [3.8, 4) is 0 Å². The molecule has 2 nitrogen and oxygen atoms in total. The first-order valence-corrected chi connectivity index (χ1v) is 5.25. The van der Waals surface area contributed by atoms with Gasteiger partial charge in [-0.25, -0.2) is 0 Å². The van der Waals surface area contributed by atoms with Gasteiger partial charge in [-0.15, -0.1) is 0 Å². The minimum absolute atomic E-state index is 0.795. The van der Waals surface area contributed by atoms with Gasteiger partial charge in [-0.1, -0.05) is 0 Å². The molecule has 0 aromatic carbocycles. The molecular formula is C9H14N2S. The average molecular weight is 182 g/mol. The van der Waals surface area contributed by atoms with Crippen molar-refractivity contribution >= 4 is 11.8 Å². The normalized spacial score (nSPS) is 10.1. The van der Waals surface area contributed by atoms with Crippen LogP contribution >= 0.6 is 11.8 Å². The zero-order chi connectivity index (χ0) is 8.65. The molecule has 3 heteroatoms. The molecule has 0 aliphatic rings. The van der Waals surface area contributed by atoms with E-state index in [1.165, 1.54) is 5.56 Å². The minimum Gasteiger partial charge on any atom is -0.330 e. The summed E-state index contributed by atoms with van der Waals surface area (Å²) in [6, 6.07) is 4.10. The maximum absolute atomic E-state index is 5.38. The van der Waals surface area contributed by atoms with Crippen LogP contribution in [0.4, 0.5) is 0 Å². The van der Waals surface area contributed by atoms with Crippen LogP contribution in [0, 0.1) is 0 Å². The fourth-order valence-electron chi connectivity index (χ4n) is 0.854. The number of rotatable bonds is 5. The van der Waals surface area contributed by atoms with E-state index in [-0.39, 0.29) is 0 Å². The van der Waals surface area contributed by atoms with E-state index in [4.69, 9.17) is 5.73 Å². The van der Waals surface area contributed by atoms with Crippen LogP contribution < -0.4 is 5.73 Å². The van der Waals surface area contributed by atoms with E-state index in [0.29, 0.717) is 0 Å². The molecule has 0 saturated carbocycles. The lowest BCUT2D eigenvalue weighted by Gasteiger charge is -1.99. The second-order valence-corrected chi connectivity index (χ2v) is 3.66. The fraction of sp³-hybridized carbons (Fsp3) is 0.444. The van der Waals surface area contributed by atoms with Crippen LogP contribution in [0.25, 0.3) is 0 Å². The number of hydrogen-bond donors (Lipinski definition) is 1. The Bertz CT molecular complexity index is 201. The van der Waals surface area contributed by atoms with E-state index in [0.717, 1.165) is 24.5 Å². The van der Waals surface area contributed by atoms with Crippen LogP contribution in [0.15, 0.2) is 24.5 Å². The molecule has 0 aliphatic heterocycles. The molecule has 1 rings (SSSR count). The third-order valence-electron chi connectivity index (χ3n) is 1.51. The second-order valence-electron chi connectivity index (χ2n) is 2.55. The van der Waals surface area contributed by atoms with E-state index in [1.807, 2.05) is 24.2 Å². The molecule has 0 fully saturated rings. The molecule has 0 spiro atoms. The van der Waals surface area contributed by atoms with Crippen LogP contribution in [0.3, 0.4) is 0 Å². The summed E-state index contributed by atoms with van der Waals surface area (Å²) in [4.78, 5) is 3.96. The van der Waals surface area contributed by atoms with Gasteiger partial charge in [0, 0.05) is 18.1 Å². The molecule has 0 bridgehead atoms. The number of hydrogen-bond acceptors (Lipinski definition) is 3. The van der Waals surface area contributed by atoms with Crippen molar-refractivity contribution < 1.29 is 0 Å². The molecule has 0 saturated heterocycles. The van der Waals surface area contributed by atoms with Gasteiger partial charge in [0.25, 0.3) is 0 Å². The Hall–Kier alpha value is -0.540. The molecule has 0 radical (unpaired) electrons. The van der Waals surface area contributed by atoms with E-state index < -0.39 is 0 Å². The van der Waals surface area contributed by atoms with Crippen LogP contribution in [-0.2, 0) is 5.75 Å². The van der Waals surface area contributed by atoms with Crippen LogP contribution in [0.5, 0.6) is 0 Å². The van der Waals surface area contributed by atoms with Crippen LogP contribution in [-0.4, -0.2) is 17.3 Å². The van der Waals surface area contributed by atoms with Gasteiger partial charge >= 0.3 is 0 Å². The SMILES string of the molecule is NCCCSCc1ccncc1. The zero-order valence-corrected chi connectivity index (χ0v) is 7.89. The van der Waals surface area contributed by atoms with Gasteiger partial charge in [0.15, 0.2) is 0 Å². The van der Waals surface area contributed by atoms with Crippen molar-refractivity contribution in [1.29, 1.82) is 0 Å². The molecule has 1 heterocycles. The molecule has 0 amide bonds. The molecule has 0 atom stereocenters. The highest BCUT2D eigenvalue weighted by Crippen LogP contribution is 2.11. The molecule has 1 aromatic rings. The Morgan fingerprint density at radius 1 is 1.33 bits per heavy atom. The lowest BCUT2D eigenvalue weighted by atomic mass is 10.3. The molecule has 66 valence electrons. The van der Waals surface area contributed by atoms with Crippen molar-refractivity contribution in [2.45, 2.75) is 12.2 Å². The highest BCUT2D eigenvalue weighted by Gasteiger charge is 1.91. The fourth-order valence-corrected chi connectivity index (χ4v) is 1.80. The van der Waals surface area contributed by atoms with Crippen molar-refractivity contribution in [2.24, 2.45) is 5.73 Å². The van der Waals surface area contributed by atoms with E-state index in [1.54, 1.807) is 0 Å². The Labute approximate surface area is 77.6 Å². The van der Waals surface area contributed by atoms with Crippen LogP contribution in [0.2, 0.25) is 0 Å². The first kappa shape index (κ1) is 9.55. The topological polar surface area (TPSA) is 38.9 Å². The summed E-state index contributed by atoms with van der Waals surface area (Å²) in [5.41, 5.74) is 6.72. The third-order valence-corrected chi connectivity index (χ3v) is 2.63. The largest absolute Gasteiger partial charge is 0.330 e. The van der Waals surface area contributed by atoms with Gasteiger partial charge in [0.1, 0.15) is 0 Å². The lowest BCUT2D eigenvalue weighted by Crippen LogP contribution is -1.99. The Kier molecular flexibility index (Phi) is 4.80. The Morgan fingerprint density at radius 2 is 2.08 bits per heavy atom. The van der Waals surface area contributed by atoms with Gasteiger partial charge in [-0.05, 0) is 36.4 Å². The van der Waals surface area contributed by atoms with Gasteiger partial charge < -0.3 is 5.73 Å². The first-order chi connectivity index (χ1) is 5.93. The maximum Gasteiger partial charge on any atom is 0.0270 e. The zero-order valence-electron chi connectivity index (χ0n) is 7.07. The smallest absolute Gasteiger partial charge is 0.0270 e. The van der Waals surface area contributed by atoms with Crippen molar-refractivity contribution in [1.82, 2.24) is 4.98 Å². The summed E-state index contributed by atoms with van der Waals surface area (Å²) in [5.74, 6) is 2.22. The number of nitrogens with zero attached hydrogens (tertiary/aromatic N) is 1. The number of pyridine rings is 1. The quantitative estimate of drug-likeness (QED) is 0.704. The van der Waals surface area contributed by atoms with E-state index in [9.17, 15) is 0 Å². The summed E-state index contributed by atoms with van der Waals surface area (Å²) >= 11 is 1.92. The van der Waals surface area contributed by atoms with Crippen molar-refractivity contribution in [3.63, 3.8) is 0 Å². The van der Waals surface area contributed by atoms with Crippen molar-refractivity contribution in [2.75, 3.05) is 12.3 Å². The van der Waals surface area contributed by atoms with Gasteiger partial charge in [0.2, 0.25) is 0 Å². The van der Waals surface area contributed by atoms with Gasteiger partial charge in [0.05, 0.1) is 0 Å². The summed E-state index contributed by atoms with van der Waals surface area (Å²) in [6.45, 7) is 0.795. The average Bonchev–Trinajstić information content (AvgIpc) is 2.14. The van der Waals surface area contributed by atoms with Gasteiger partial charge in [-0.3, -0.25) is 4.98 Å². The Balaban J connectivity index is 2.16. The number of nitrogens with two attached hydrogens (primary N) is 1. The van der Waals surface area contributed by atoms with E-state index >= 15 is 0 Å². The third kappa shape index (κ3) is 3.74. The summed E-state index contributed by atoms with van der Waals surface area (Å²) < 4.78 is 0. The molecular weight excluding hydrogens is 168 g/mol. The van der Waals surface area contributed by atoms with Crippen molar-refractivity contribution in [3.05, 3.63) is 30.1 Å². The highest BCUT2D eigenvalue weighted by atomic mass is 32.2. The summed E-state index contributed by atoms with van der Waals surface area (Å²) in [5, 5.41) is 0. The van der Waals surface area contributed by atoms with Gasteiger partial charge in [-0.2, -0.15) is 11.8 Å². The Morgan fingerprint density at radius 3 is 2.75 bits per heavy atom. The predicted octanol–water partition coefficient (Wildman–Crippen LogP) is 1.66. The molecule has 0 aliphatic carbocycles. The summed E-state index contributed by atoms with van der Waals surface area (Å²) in [7, 11) is 0. The lowest BCUT2D eigenvalue weighted by molar-refractivity contribution is 0.943. The van der Waals surface area contributed by atoms with E-state index in [2.05, 4.69) is 17.1 Å². The number of aromatic nitrogens is 1. The minimum atomic E-state index is 0.795. The monoisotopic (exact) mass is 182 g/mol. The summed E-state index contributed by atoms with van der Waals surface area (Å²) in [6.07, 6.45) is 4.77.